The quantitative estimate of drug-likeness (QED) is 0.0213. The van der Waals surface area contributed by atoms with Gasteiger partial charge in [0, 0.05) is 26.2 Å². The summed E-state index contributed by atoms with van der Waals surface area (Å²) >= 11 is 0. The molecular weight excluding hydrogens is 775 g/mol. The second kappa shape index (κ2) is 21.6. The van der Waals surface area contributed by atoms with Gasteiger partial charge in [0.15, 0.2) is 11.9 Å². The number of hydrogen-bond donors (Lipinski definition) is 8. The van der Waals surface area contributed by atoms with Crippen LogP contribution in [0.4, 0.5) is 0 Å². The van der Waals surface area contributed by atoms with Crippen LogP contribution in [0.2, 0.25) is 0 Å². The maximum atomic E-state index is 14.1. The molecule has 12 N–H and O–H groups in total. The molecule has 6 rings (SSSR count). The van der Waals surface area contributed by atoms with E-state index in [9.17, 15) is 19.2 Å². The van der Waals surface area contributed by atoms with E-state index in [1.54, 1.807) is 0 Å². The normalized spacial score (nSPS) is 18.6. The Morgan fingerprint density at radius 1 is 0.590 bits per heavy atom. The van der Waals surface area contributed by atoms with Gasteiger partial charge < -0.3 is 53.5 Å². The molecule has 0 aliphatic heterocycles. The number of benzene rings is 2. The molecule has 0 spiro atoms. The zero-order valence-corrected chi connectivity index (χ0v) is 35.3. The lowest BCUT2D eigenvalue weighted by molar-refractivity contribution is -0.146. The van der Waals surface area contributed by atoms with Gasteiger partial charge in [-0.25, -0.2) is 0 Å². The van der Waals surface area contributed by atoms with Gasteiger partial charge in [-0.15, -0.1) is 0 Å². The Morgan fingerprint density at radius 2 is 0.934 bits per heavy atom. The first-order valence-corrected chi connectivity index (χ1v) is 22.0. The summed E-state index contributed by atoms with van der Waals surface area (Å²) < 4.78 is 12.1. The van der Waals surface area contributed by atoms with Crippen molar-refractivity contribution >= 4 is 43.2 Å². The number of fused-ring (bicyclic) bond motifs is 2. The van der Waals surface area contributed by atoms with Crippen molar-refractivity contribution in [2.45, 2.75) is 115 Å². The monoisotopic (exact) mass is 840 g/mol. The molecule has 0 saturated heterocycles. The van der Waals surface area contributed by atoms with E-state index in [1.165, 1.54) is 22.3 Å². The van der Waals surface area contributed by atoms with Crippen LogP contribution in [-0.4, -0.2) is 81.9 Å². The van der Waals surface area contributed by atoms with Gasteiger partial charge in [0.2, 0.25) is 23.6 Å². The number of nitrogens with one attached hydrogen (secondary N) is 4. The average Bonchev–Trinajstić information content (AvgIpc) is 4.08. The van der Waals surface area contributed by atoms with E-state index in [2.05, 4.69) is 55.5 Å². The van der Waals surface area contributed by atoms with E-state index in [0.29, 0.717) is 51.6 Å². The highest BCUT2D eigenvalue weighted by atomic mass is 16.6. The standard InChI is InChI=1S/C44H64BN10O6/c46-41(47)50-21-9-15-35(54-39(58)43(17-5-6-18-43)37(56)52-27-29-23-31-11-1-2-12-32(31)24-29)60-45-61-36(16-10-22-51-42(48)49)55-40(59)44(19-7-8-20-44)38(57)53-28-30-25-33-13-3-4-14-34(33)26-30/h1-4,11-14,29-30,35-36H,5-10,15-28H2,(H,52,56)(H,53,57)(H,54,58)(H,55,59)(H4,46,47,50)(H4,48,49,51). The fourth-order valence-electron chi connectivity index (χ4n) is 9.53. The molecule has 0 heterocycles. The first-order valence-electron chi connectivity index (χ1n) is 22.0. The minimum Gasteiger partial charge on any atom is -0.393 e. The van der Waals surface area contributed by atoms with Crippen LogP contribution < -0.4 is 44.2 Å². The summed E-state index contributed by atoms with van der Waals surface area (Å²) in [5.74, 6) is -0.976. The van der Waals surface area contributed by atoms with Crippen molar-refractivity contribution in [2.75, 3.05) is 26.2 Å². The van der Waals surface area contributed by atoms with E-state index >= 15 is 0 Å². The number of nitrogens with two attached hydrogens (primary N) is 4. The number of guanidine groups is 2. The van der Waals surface area contributed by atoms with Crippen LogP contribution in [0.1, 0.15) is 99.3 Å². The van der Waals surface area contributed by atoms with E-state index in [0.717, 1.165) is 59.1 Å². The third kappa shape index (κ3) is 12.0. The zero-order valence-electron chi connectivity index (χ0n) is 35.3. The number of carbonyl (C=O) groups is 4. The Labute approximate surface area is 359 Å². The van der Waals surface area contributed by atoms with Crippen LogP contribution in [0.3, 0.4) is 0 Å². The molecule has 2 aromatic rings. The highest BCUT2D eigenvalue weighted by molar-refractivity contribution is 6.18. The number of nitrogens with zero attached hydrogens (tertiary/aromatic N) is 2. The predicted octanol–water partition coefficient (Wildman–Crippen LogP) is 1.73. The van der Waals surface area contributed by atoms with Crippen LogP contribution in [0, 0.1) is 22.7 Å². The van der Waals surface area contributed by atoms with E-state index in [-0.39, 0.29) is 61.5 Å². The zero-order chi connectivity index (χ0) is 43.2. The molecule has 61 heavy (non-hydrogen) atoms. The topological polar surface area (TPSA) is 264 Å². The molecule has 4 aliphatic rings. The summed E-state index contributed by atoms with van der Waals surface area (Å²) in [5.41, 5.74) is 24.9. The number of aliphatic imine (C=N–C) groups is 2. The van der Waals surface area contributed by atoms with Gasteiger partial charge in [0.1, 0.15) is 23.3 Å². The van der Waals surface area contributed by atoms with Crippen molar-refractivity contribution in [1.82, 2.24) is 21.3 Å². The summed E-state index contributed by atoms with van der Waals surface area (Å²) in [6, 6.07) is 16.6. The minimum absolute atomic E-state index is 0.0551. The van der Waals surface area contributed by atoms with Crippen LogP contribution >= 0.6 is 0 Å². The molecule has 1 radical (unpaired) electrons. The van der Waals surface area contributed by atoms with Crippen LogP contribution in [0.5, 0.6) is 0 Å². The molecule has 0 aromatic heterocycles. The first-order chi connectivity index (χ1) is 29.5. The number of rotatable bonds is 22. The van der Waals surface area contributed by atoms with Gasteiger partial charge in [0.25, 0.3) is 0 Å². The second-order valence-corrected chi connectivity index (χ2v) is 17.3. The summed E-state index contributed by atoms with van der Waals surface area (Å²) in [6.07, 6.45) is 7.86. The Balaban J connectivity index is 1.07. The summed E-state index contributed by atoms with van der Waals surface area (Å²) in [4.78, 5) is 64.2. The van der Waals surface area contributed by atoms with Crippen molar-refractivity contribution in [3.05, 3.63) is 70.8 Å². The molecule has 2 aromatic carbocycles. The Morgan fingerprint density at radius 3 is 1.26 bits per heavy atom. The summed E-state index contributed by atoms with van der Waals surface area (Å²) in [6.45, 7) is 1.54. The summed E-state index contributed by atoms with van der Waals surface area (Å²) in [5, 5.41) is 12.2. The van der Waals surface area contributed by atoms with Crippen LogP contribution in [0.15, 0.2) is 58.5 Å². The Kier molecular flexibility index (Phi) is 16.0. The molecule has 2 fully saturated rings. The van der Waals surface area contributed by atoms with Gasteiger partial charge in [-0.3, -0.25) is 29.2 Å². The van der Waals surface area contributed by atoms with Crippen molar-refractivity contribution in [2.24, 2.45) is 55.6 Å². The third-order valence-electron chi connectivity index (χ3n) is 12.9. The lowest BCUT2D eigenvalue weighted by Crippen LogP contribution is -2.54. The minimum atomic E-state index is -1.24. The lowest BCUT2D eigenvalue weighted by atomic mass is 9.83. The van der Waals surface area contributed by atoms with Crippen molar-refractivity contribution in [3.8, 4) is 0 Å². The molecule has 17 heteroatoms. The van der Waals surface area contributed by atoms with E-state index in [1.807, 2.05) is 24.3 Å². The van der Waals surface area contributed by atoms with Gasteiger partial charge in [-0.1, -0.05) is 74.2 Å². The maximum absolute atomic E-state index is 14.1. The van der Waals surface area contributed by atoms with Crippen LogP contribution in [-0.2, 0) is 54.2 Å². The van der Waals surface area contributed by atoms with Crippen molar-refractivity contribution in [1.29, 1.82) is 0 Å². The van der Waals surface area contributed by atoms with Crippen LogP contribution in [0.25, 0.3) is 0 Å². The van der Waals surface area contributed by atoms with Gasteiger partial charge in [0.05, 0.1) is 0 Å². The van der Waals surface area contributed by atoms with E-state index in [4.69, 9.17) is 32.2 Å². The summed E-state index contributed by atoms with van der Waals surface area (Å²) in [7, 11) is 1.09. The molecule has 2 unspecified atom stereocenters. The number of amides is 4. The first kappa shape index (κ1) is 45.4. The Bertz CT molecular complexity index is 1710. The molecule has 4 amide bonds. The van der Waals surface area contributed by atoms with E-state index < -0.39 is 35.1 Å². The smallest absolute Gasteiger partial charge is 0.393 e. The lowest BCUT2D eigenvalue weighted by Gasteiger charge is -2.31. The fourth-order valence-corrected chi connectivity index (χ4v) is 9.53. The molecular formula is C44H64BN10O6. The van der Waals surface area contributed by atoms with Crippen molar-refractivity contribution in [3.63, 3.8) is 0 Å². The average molecular weight is 840 g/mol. The maximum Gasteiger partial charge on any atom is 0.491 e. The SMILES string of the molecule is NC(N)=NCCCC(NC(=O)C1(C(=O)NCC2Cc3ccccc3C2)CCCC1)O[B]OC(CCCN=C(N)N)NC(=O)C1(C(=O)NCC2Cc3ccccc3C2)CCCC1. The van der Waals surface area contributed by atoms with Gasteiger partial charge in [-0.2, -0.15) is 0 Å². The highest BCUT2D eigenvalue weighted by Crippen LogP contribution is 2.40. The molecule has 329 valence electrons. The van der Waals surface area contributed by atoms with Gasteiger partial charge in [-0.05, 0) is 111 Å². The molecule has 16 nitrogen and oxygen atoms in total. The van der Waals surface area contributed by atoms with Crippen molar-refractivity contribution < 1.29 is 28.5 Å². The highest BCUT2D eigenvalue weighted by Gasteiger charge is 2.50. The Hall–Kier alpha value is -5.16. The third-order valence-corrected chi connectivity index (χ3v) is 12.9. The number of hydrogen-bond acceptors (Lipinski definition) is 8. The molecule has 4 aliphatic carbocycles. The molecule has 0 bridgehead atoms. The second-order valence-electron chi connectivity index (χ2n) is 17.3. The van der Waals surface area contributed by atoms with Gasteiger partial charge >= 0.3 is 7.69 Å². The largest absolute Gasteiger partial charge is 0.491 e. The number of carbonyl (C=O) groups excluding carboxylic acids is 4. The predicted molar refractivity (Wildman–Crippen MR) is 234 cm³/mol. The fraction of sp³-hybridized carbons (Fsp3) is 0.591. The molecule has 2 atom stereocenters. The molecule has 2 saturated carbocycles.